The van der Waals surface area contributed by atoms with Crippen LogP contribution in [0.3, 0.4) is 0 Å². The average Bonchev–Trinajstić information content (AvgIpc) is 2.18. The molecule has 1 N–H and O–H groups in total. The second-order valence-corrected chi connectivity index (χ2v) is 4.92. The van der Waals surface area contributed by atoms with Gasteiger partial charge >= 0.3 is 0 Å². The van der Waals surface area contributed by atoms with Gasteiger partial charge in [0.05, 0.1) is 6.10 Å². The molecule has 0 aromatic heterocycles. The Morgan fingerprint density at radius 3 is 2.38 bits per heavy atom. The Bertz CT molecular complexity index is 337. The first-order valence-electron chi connectivity index (χ1n) is 5.85. The molecule has 0 saturated heterocycles. The van der Waals surface area contributed by atoms with Crippen LogP contribution >= 0.6 is 0 Å². The molecular weight excluding hydrogens is 203 g/mol. The van der Waals surface area contributed by atoms with Crippen LogP contribution in [0.1, 0.15) is 31.9 Å². The molecule has 0 aliphatic rings. The van der Waals surface area contributed by atoms with Gasteiger partial charge in [-0.25, -0.2) is 4.39 Å². The van der Waals surface area contributed by atoms with Crippen LogP contribution in [0, 0.1) is 24.6 Å². The van der Waals surface area contributed by atoms with Crippen LogP contribution in [0.2, 0.25) is 0 Å². The minimum absolute atomic E-state index is 0.181. The van der Waals surface area contributed by atoms with Crippen LogP contribution in [0.5, 0.6) is 0 Å². The zero-order valence-electron chi connectivity index (χ0n) is 10.5. The third kappa shape index (κ3) is 3.31. The minimum atomic E-state index is -0.359. The van der Waals surface area contributed by atoms with Gasteiger partial charge in [-0.1, -0.05) is 19.9 Å². The standard InChI is InChI=1S/C14H21FO/c1-9(2)14(11(4)16)8-12-7-13(15)6-5-10(12)3/h5-7,9,11,14,16H,8H2,1-4H3. The first kappa shape index (κ1) is 13.2. The van der Waals surface area contributed by atoms with E-state index in [0.29, 0.717) is 5.92 Å². The molecule has 2 unspecified atom stereocenters. The summed E-state index contributed by atoms with van der Waals surface area (Å²) in [6.07, 6.45) is 0.376. The SMILES string of the molecule is Cc1ccc(F)cc1CC(C(C)C)C(C)O. The maximum absolute atomic E-state index is 13.1. The molecule has 0 saturated carbocycles. The second-order valence-electron chi connectivity index (χ2n) is 4.92. The van der Waals surface area contributed by atoms with Crippen molar-refractivity contribution in [1.82, 2.24) is 0 Å². The lowest BCUT2D eigenvalue weighted by Crippen LogP contribution is -2.24. The molecule has 0 fully saturated rings. The molecule has 2 atom stereocenters. The van der Waals surface area contributed by atoms with E-state index in [0.717, 1.165) is 17.5 Å². The molecule has 90 valence electrons. The fourth-order valence-corrected chi connectivity index (χ4v) is 2.08. The molecule has 1 nitrogen and oxygen atoms in total. The van der Waals surface area contributed by atoms with Gasteiger partial charge in [-0.15, -0.1) is 0 Å². The Labute approximate surface area is 97.3 Å². The largest absolute Gasteiger partial charge is 0.393 e. The molecule has 1 rings (SSSR count). The summed E-state index contributed by atoms with van der Waals surface area (Å²) in [7, 11) is 0. The Hall–Kier alpha value is -0.890. The van der Waals surface area contributed by atoms with Gasteiger partial charge in [0, 0.05) is 0 Å². The average molecular weight is 224 g/mol. The number of aliphatic hydroxyl groups is 1. The Kier molecular flexibility index (Phi) is 4.48. The van der Waals surface area contributed by atoms with Crippen molar-refractivity contribution in [2.75, 3.05) is 0 Å². The number of aliphatic hydroxyl groups excluding tert-OH is 1. The molecule has 16 heavy (non-hydrogen) atoms. The van der Waals surface area contributed by atoms with Crippen LogP contribution in [0.15, 0.2) is 18.2 Å². The van der Waals surface area contributed by atoms with Crippen LogP contribution in [0.25, 0.3) is 0 Å². The number of halogens is 1. The number of aryl methyl sites for hydroxylation is 1. The van der Waals surface area contributed by atoms with E-state index in [-0.39, 0.29) is 17.8 Å². The highest BCUT2D eigenvalue weighted by Gasteiger charge is 2.20. The highest BCUT2D eigenvalue weighted by molar-refractivity contribution is 5.27. The van der Waals surface area contributed by atoms with Crippen LogP contribution in [-0.4, -0.2) is 11.2 Å². The summed E-state index contributed by atoms with van der Waals surface area (Å²) in [5, 5.41) is 9.71. The minimum Gasteiger partial charge on any atom is -0.393 e. The van der Waals surface area contributed by atoms with Crippen molar-refractivity contribution in [3.63, 3.8) is 0 Å². The van der Waals surface area contributed by atoms with Gasteiger partial charge in [-0.05, 0) is 55.4 Å². The van der Waals surface area contributed by atoms with Crippen LogP contribution in [0.4, 0.5) is 4.39 Å². The van der Waals surface area contributed by atoms with Gasteiger partial charge in [0.1, 0.15) is 5.82 Å². The predicted octanol–water partition coefficient (Wildman–Crippen LogP) is 3.33. The third-order valence-electron chi connectivity index (χ3n) is 3.24. The topological polar surface area (TPSA) is 20.2 Å². The number of benzene rings is 1. The first-order chi connectivity index (χ1) is 7.41. The van der Waals surface area contributed by atoms with E-state index in [4.69, 9.17) is 0 Å². The summed E-state index contributed by atoms with van der Waals surface area (Å²) in [4.78, 5) is 0. The van der Waals surface area contributed by atoms with Crippen molar-refractivity contribution in [1.29, 1.82) is 0 Å². The Morgan fingerprint density at radius 1 is 1.25 bits per heavy atom. The van der Waals surface area contributed by atoms with E-state index in [1.165, 1.54) is 6.07 Å². The quantitative estimate of drug-likeness (QED) is 0.831. The summed E-state index contributed by atoms with van der Waals surface area (Å²) in [5.41, 5.74) is 2.09. The smallest absolute Gasteiger partial charge is 0.123 e. The number of rotatable bonds is 4. The van der Waals surface area contributed by atoms with Crippen molar-refractivity contribution >= 4 is 0 Å². The molecule has 1 aromatic carbocycles. The third-order valence-corrected chi connectivity index (χ3v) is 3.24. The molecular formula is C14H21FO. The summed E-state index contributed by atoms with van der Waals surface area (Å²) in [6.45, 7) is 7.96. The van der Waals surface area contributed by atoms with Crippen molar-refractivity contribution in [3.8, 4) is 0 Å². The zero-order valence-corrected chi connectivity index (χ0v) is 10.5. The Morgan fingerprint density at radius 2 is 1.88 bits per heavy atom. The lowest BCUT2D eigenvalue weighted by Gasteiger charge is -2.24. The van der Waals surface area contributed by atoms with Crippen molar-refractivity contribution in [2.24, 2.45) is 11.8 Å². The lowest BCUT2D eigenvalue weighted by molar-refractivity contribution is 0.0975. The molecule has 0 bridgehead atoms. The highest BCUT2D eigenvalue weighted by Crippen LogP contribution is 2.23. The van der Waals surface area contributed by atoms with E-state index >= 15 is 0 Å². The fourth-order valence-electron chi connectivity index (χ4n) is 2.08. The van der Waals surface area contributed by atoms with E-state index in [2.05, 4.69) is 13.8 Å². The first-order valence-corrected chi connectivity index (χ1v) is 5.85. The van der Waals surface area contributed by atoms with Crippen molar-refractivity contribution < 1.29 is 9.50 Å². The molecule has 0 aliphatic heterocycles. The van der Waals surface area contributed by atoms with Gasteiger partial charge in [0.15, 0.2) is 0 Å². The van der Waals surface area contributed by atoms with Gasteiger partial charge in [-0.2, -0.15) is 0 Å². The highest BCUT2D eigenvalue weighted by atomic mass is 19.1. The Balaban J connectivity index is 2.89. The zero-order chi connectivity index (χ0) is 12.3. The maximum atomic E-state index is 13.1. The predicted molar refractivity (Wildman–Crippen MR) is 64.8 cm³/mol. The normalized spacial score (nSPS) is 15.2. The van der Waals surface area contributed by atoms with Crippen LogP contribution < -0.4 is 0 Å². The van der Waals surface area contributed by atoms with E-state index in [1.807, 2.05) is 6.92 Å². The molecule has 2 heteroatoms. The van der Waals surface area contributed by atoms with Gasteiger partial charge < -0.3 is 5.11 Å². The van der Waals surface area contributed by atoms with E-state index in [1.54, 1.807) is 19.1 Å². The lowest BCUT2D eigenvalue weighted by atomic mass is 9.84. The van der Waals surface area contributed by atoms with Gasteiger partial charge in [-0.3, -0.25) is 0 Å². The number of hydrogen-bond acceptors (Lipinski definition) is 1. The summed E-state index contributed by atoms with van der Waals surface area (Å²) in [6, 6.07) is 4.85. The van der Waals surface area contributed by atoms with Gasteiger partial charge in [0.2, 0.25) is 0 Å². The van der Waals surface area contributed by atoms with Gasteiger partial charge in [0.25, 0.3) is 0 Å². The molecule has 0 radical (unpaired) electrons. The maximum Gasteiger partial charge on any atom is 0.123 e. The monoisotopic (exact) mass is 224 g/mol. The van der Waals surface area contributed by atoms with Crippen LogP contribution in [-0.2, 0) is 6.42 Å². The molecule has 0 heterocycles. The molecule has 0 aliphatic carbocycles. The van der Waals surface area contributed by atoms with E-state index in [9.17, 15) is 9.50 Å². The van der Waals surface area contributed by atoms with Crippen molar-refractivity contribution in [2.45, 2.75) is 40.2 Å². The summed E-state index contributed by atoms with van der Waals surface area (Å²) in [5.74, 6) is 0.372. The molecule has 0 spiro atoms. The number of hydrogen-bond donors (Lipinski definition) is 1. The summed E-state index contributed by atoms with van der Waals surface area (Å²) < 4.78 is 13.1. The fraction of sp³-hybridized carbons (Fsp3) is 0.571. The summed E-state index contributed by atoms with van der Waals surface area (Å²) >= 11 is 0. The second kappa shape index (κ2) is 5.44. The van der Waals surface area contributed by atoms with Crippen molar-refractivity contribution in [3.05, 3.63) is 35.1 Å². The van der Waals surface area contributed by atoms with E-state index < -0.39 is 0 Å². The molecule has 1 aromatic rings. The molecule has 0 amide bonds.